The lowest BCUT2D eigenvalue weighted by molar-refractivity contribution is 0.103. The SMILES string of the molecule is CCCCCCN(c1ccc(C(=O)c2ccc(N(CCCCCC)c3ccc(-c4nc(C(Cl)(Cl)Cl)nc(C(Cl)(Cl)Cl)n4)cc3)cc2)cc1)c1ccc(-c2nc(C(Cl)(Cl)Cl)nc(C(Cl)(Cl)Cl)n2)cc1. The fraction of sp³-hybridized carbons (Fsp3) is 0.340. The molecule has 21 heteroatoms. The predicted molar refractivity (Wildman–Crippen MR) is 286 cm³/mol. The van der Waals surface area contributed by atoms with E-state index in [1.54, 1.807) is 0 Å². The maximum Gasteiger partial charge on any atom is 0.250 e. The molecule has 0 fully saturated rings. The highest BCUT2D eigenvalue weighted by atomic mass is 35.6. The van der Waals surface area contributed by atoms with Crippen LogP contribution in [-0.2, 0) is 15.2 Å². The van der Waals surface area contributed by atoms with Crippen LogP contribution in [0.3, 0.4) is 0 Å². The van der Waals surface area contributed by atoms with Gasteiger partial charge in [0.15, 0.2) is 40.7 Å². The van der Waals surface area contributed by atoms with Gasteiger partial charge >= 0.3 is 0 Å². The summed E-state index contributed by atoms with van der Waals surface area (Å²) in [6.45, 7) is 5.82. The third-order valence-electron chi connectivity index (χ3n) is 10.5. The predicted octanol–water partition coefficient (Wildman–Crippen LogP) is 17.4. The summed E-state index contributed by atoms with van der Waals surface area (Å²) >= 11 is 73.4. The summed E-state index contributed by atoms with van der Waals surface area (Å²) < 4.78 is -7.94. The van der Waals surface area contributed by atoms with E-state index in [-0.39, 0.29) is 40.7 Å². The summed E-state index contributed by atoms with van der Waals surface area (Å²) in [6.07, 6.45) is 8.45. The Balaban J connectivity index is 1.23. The monoisotopic (exact) mass is 1150 g/mol. The molecule has 2 heterocycles. The third kappa shape index (κ3) is 14.9. The van der Waals surface area contributed by atoms with Gasteiger partial charge < -0.3 is 9.80 Å². The maximum atomic E-state index is 14.0. The molecule has 2 aromatic heterocycles. The van der Waals surface area contributed by atoms with Gasteiger partial charge in [-0.25, -0.2) is 29.9 Å². The van der Waals surface area contributed by atoms with Crippen molar-refractivity contribution in [2.45, 2.75) is 80.4 Å². The Morgan fingerprint density at radius 3 is 0.897 bits per heavy atom. The minimum atomic E-state index is -1.98. The van der Waals surface area contributed by atoms with Crippen LogP contribution in [-0.4, -0.2) is 48.8 Å². The molecule has 9 nitrogen and oxygen atoms in total. The highest BCUT2D eigenvalue weighted by molar-refractivity contribution is 6.68. The molecule has 0 N–H and O–H groups in total. The minimum absolute atomic E-state index is 0.109. The van der Waals surface area contributed by atoms with Crippen LogP contribution in [0.1, 0.15) is 104 Å². The van der Waals surface area contributed by atoms with E-state index in [2.05, 4.69) is 53.6 Å². The number of rotatable bonds is 18. The van der Waals surface area contributed by atoms with E-state index >= 15 is 0 Å². The summed E-state index contributed by atoms with van der Waals surface area (Å²) in [5.74, 6) is -0.488. The van der Waals surface area contributed by atoms with Crippen LogP contribution >= 0.6 is 139 Å². The van der Waals surface area contributed by atoms with Crippen LogP contribution in [0, 0.1) is 0 Å². The second-order valence-electron chi connectivity index (χ2n) is 15.5. The number of nitrogens with zero attached hydrogens (tertiary/aromatic N) is 8. The number of unbranched alkanes of at least 4 members (excludes halogenated alkanes) is 6. The molecule has 360 valence electrons. The van der Waals surface area contributed by atoms with Gasteiger partial charge in [-0.3, -0.25) is 4.79 Å². The van der Waals surface area contributed by atoms with Gasteiger partial charge in [-0.1, -0.05) is 192 Å². The number of carbonyl (C=O) groups is 1. The van der Waals surface area contributed by atoms with Crippen LogP contribution in [0.5, 0.6) is 0 Å². The van der Waals surface area contributed by atoms with E-state index < -0.39 is 15.2 Å². The summed E-state index contributed by atoms with van der Waals surface area (Å²) in [7, 11) is 0. The Bertz CT molecular complexity index is 2370. The lowest BCUT2D eigenvalue weighted by atomic mass is 10.0. The molecule has 6 aromatic rings. The Morgan fingerprint density at radius 1 is 0.382 bits per heavy atom. The number of hydrogen-bond acceptors (Lipinski definition) is 9. The second-order valence-corrected chi connectivity index (χ2v) is 24.7. The van der Waals surface area contributed by atoms with Gasteiger partial charge in [-0.05, 0) is 110 Å². The number of benzene rings is 4. The lowest BCUT2D eigenvalue weighted by Gasteiger charge is -2.26. The number of halogens is 12. The van der Waals surface area contributed by atoms with Crippen LogP contribution in [0.25, 0.3) is 22.8 Å². The van der Waals surface area contributed by atoms with Gasteiger partial charge in [0.1, 0.15) is 0 Å². The first-order valence-electron chi connectivity index (χ1n) is 21.4. The number of hydrogen-bond donors (Lipinski definition) is 0. The van der Waals surface area contributed by atoms with Crippen molar-refractivity contribution in [3.63, 3.8) is 0 Å². The average molecular weight is 1160 g/mol. The number of ketones is 1. The average Bonchev–Trinajstić information content (AvgIpc) is 3.30. The molecule has 68 heavy (non-hydrogen) atoms. The molecule has 0 saturated carbocycles. The van der Waals surface area contributed by atoms with E-state index in [9.17, 15) is 4.79 Å². The molecule has 0 amide bonds. The first-order valence-corrected chi connectivity index (χ1v) is 25.9. The summed E-state index contributed by atoms with van der Waals surface area (Å²) in [5, 5.41) is 0. The van der Waals surface area contributed by atoms with Crippen molar-refractivity contribution in [1.82, 2.24) is 29.9 Å². The van der Waals surface area contributed by atoms with Crippen LogP contribution in [0.4, 0.5) is 22.7 Å². The molecular weight excluding hydrogens is 1120 g/mol. The van der Waals surface area contributed by atoms with Crippen molar-refractivity contribution in [3.8, 4) is 22.8 Å². The first-order chi connectivity index (χ1) is 32.1. The molecule has 0 radical (unpaired) electrons. The zero-order valence-electron chi connectivity index (χ0n) is 36.3. The quantitative estimate of drug-likeness (QED) is 0.0473. The Hall–Kier alpha value is -2.35. The van der Waals surface area contributed by atoms with Crippen molar-refractivity contribution in [2.24, 2.45) is 0 Å². The standard InChI is InChI=1S/C47H42Cl12N8O/c1-3-5-7-9-27-66(35-23-15-31(16-24-35)38-60-40(44(48,49)50)64-41(61-38)45(51,52)53)33-19-11-29(12-20-33)37(68)30-13-21-34(22-14-30)67(28-10-8-6-4-2)36-25-17-32(18-26-36)39-62-42(46(54,55)56)65-43(63-39)47(57,58)59/h11-26H,3-10,27-28H2,1-2H3. The summed E-state index contributed by atoms with van der Waals surface area (Å²) in [5.41, 5.74) is 5.90. The molecule has 0 bridgehead atoms. The second kappa shape index (κ2) is 23.9. The topological polar surface area (TPSA) is 101 Å². The largest absolute Gasteiger partial charge is 0.341 e. The van der Waals surface area contributed by atoms with E-state index in [1.165, 1.54) is 0 Å². The minimum Gasteiger partial charge on any atom is -0.341 e. The van der Waals surface area contributed by atoms with Gasteiger partial charge in [0.25, 0.3) is 0 Å². The lowest BCUT2D eigenvalue weighted by Crippen LogP contribution is -2.19. The molecule has 0 atom stereocenters. The number of alkyl halides is 12. The summed E-state index contributed by atoms with van der Waals surface area (Å²) in [6, 6.07) is 30.3. The van der Waals surface area contributed by atoms with Crippen molar-refractivity contribution in [1.29, 1.82) is 0 Å². The van der Waals surface area contributed by atoms with Crippen molar-refractivity contribution in [2.75, 3.05) is 22.9 Å². The summed E-state index contributed by atoms with van der Waals surface area (Å²) in [4.78, 5) is 43.9. The van der Waals surface area contributed by atoms with E-state index in [0.29, 0.717) is 22.3 Å². The molecule has 4 aromatic carbocycles. The van der Waals surface area contributed by atoms with Crippen molar-refractivity contribution >= 4 is 168 Å². The zero-order valence-corrected chi connectivity index (χ0v) is 45.4. The molecule has 0 saturated heterocycles. The van der Waals surface area contributed by atoms with Crippen LogP contribution in [0.15, 0.2) is 97.1 Å². The smallest absolute Gasteiger partial charge is 0.250 e. The fourth-order valence-electron chi connectivity index (χ4n) is 7.06. The van der Waals surface area contributed by atoms with Gasteiger partial charge in [0, 0.05) is 58.1 Å². The third-order valence-corrected chi connectivity index (χ3v) is 12.5. The van der Waals surface area contributed by atoms with Gasteiger partial charge in [-0.15, -0.1) is 0 Å². The highest BCUT2D eigenvalue weighted by Gasteiger charge is 2.35. The Labute approximate surface area is 456 Å². The van der Waals surface area contributed by atoms with E-state index in [0.717, 1.165) is 87.2 Å². The van der Waals surface area contributed by atoms with Crippen molar-refractivity contribution < 1.29 is 4.79 Å². The molecule has 0 aliphatic heterocycles. The molecule has 0 aliphatic carbocycles. The van der Waals surface area contributed by atoms with E-state index in [1.807, 2.05) is 97.1 Å². The zero-order chi connectivity index (χ0) is 49.4. The molecule has 0 aliphatic rings. The first kappa shape index (κ1) is 55.0. The molecule has 0 unspecified atom stereocenters. The molecule has 6 rings (SSSR count). The van der Waals surface area contributed by atoms with Crippen LogP contribution in [0.2, 0.25) is 0 Å². The Morgan fingerprint density at radius 2 is 0.647 bits per heavy atom. The number of anilines is 4. The fourth-order valence-corrected chi connectivity index (χ4v) is 8.07. The van der Waals surface area contributed by atoms with E-state index in [4.69, 9.17) is 139 Å². The van der Waals surface area contributed by atoms with Gasteiger partial charge in [0.2, 0.25) is 15.2 Å². The number of carbonyl (C=O) groups excluding carboxylic acids is 1. The van der Waals surface area contributed by atoms with Gasteiger partial charge in [-0.2, -0.15) is 0 Å². The Kier molecular flexibility index (Phi) is 19.3. The molecule has 0 spiro atoms. The van der Waals surface area contributed by atoms with Crippen molar-refractivity contribution in [3.05, 3.63) is 131 Å². The van der Waals surface area contributed by atoms with Crippen LogP contribution < -0.4 is 9.80 Å². The normalized spacial score (nSPS) is 12.3. The molecular formula is C47H42Cl12N8O. The maximum absolute atomic E-state index is 14.0. The highest BCUT2D eigenvalue weighted by Crippen LogP contribution is 2.43. The number of aromatic nitrogens is 6. The van der Waals surface area contributed by atoms with Gasteiger partial charge in [0.05, 0.1) is 0 Å².